The Labute approximate surface area is 199 Å². The van der Waals surface area contributed by atoms with Crippen LogP contribution in [0.1, 0.15) is 28.1 Å². The summed E-state index contributed by atoms with van der Waals surface area (Å²) in [5.41, 5.74) is 2.20. The predicted octanol–water partition coefficient (Wildman–Crippen LogP) is 4.01. The number of hydrogen-bond acceptors (Lipinski definition) is 4. The van der Waals surface area contributed by atoms with Crippen LogP contribution in [0.25, 0.3) is 0 Å². The van der Waals surface area contributed by atoms with E-state index in [-0.39, 0.29) is 17.6 Å². The summed E-state index contributed by atoms with van der Waals surface area (Å²) in [5, 5.41) is 3.62. The zero-order valence-corrected chi connectivity index (χ0v) is 19.2. The van der Waals surface area contributed by atoms with Crippen molar-refractivity contribution in [3.8, 4) is 0 Å². The van der Waals surface area contributed by atoms with Gasteiger partial charge in [0.1, 0.15) is 6.04 Å². The zero-order valence-electron chi connectivity index (χ0n) is 18.5. The minimum atomic E-state index is -0.659. The third-order valence-corrected chi connectivity index (χ3v) is 6.10. The van der Waals surface area contributed by atoms with Gasteiger partial charge in [-0.1, -0.05) is 54.1 Å². The van der Waals surface area contributed by atoms with Crippen molar-refractivity contribution < 1.29 is 14.0 Å². The maximum Gasteiger partial charge on any atom is 0.287 e. The second-order valence-corrected chi connectivity index (χ2v) is 8.71. The Morgan fingerprint density at radius 1 is 0.909 bits per heavy atom. The largest absolute Gasteiger partial charge is 0.459 e. The van der Waals surface area contributed by atoms with E-state index in [1.807, 2.05) is 59.5 Å². The Hall–Kier alpha value is -3.09. The number of halogens is 1. The lowest BCUT2D eigenvalue weighted by Crippen LogP contribution is -2.50. The lowest BCUT2D eigenvalue weighted by Gasteiger charge is -2.27. The van der Waals surface area contributed by atoms with E-state index in [1.165, 1.54) is 11.8 Å². The first-order valence-corrected chi connectivity index (χ1v) is 11.6. The molecule has 0 spiro atoms. The molecule has 6 nitrogen and oxygen atoms in total. The van der Waals surface area contributed by atoms with Crippen molar-refractivity contribution in [2.75, 3.05) is 26.2 Å². The standard InChI is InChI=1S/C26H28ClN3O3/c27-22-11-9-21(10-12-22)19-29-13-5-14-30(16-15-29)26(32)23(18-20-6-2-1-3-7-20)28-25(31)24-8-4-17-33-24/h1-4,6-12,17,23H,5,13-16,18-19H2,(H,28,31). The average Bonchev–Trinajstić information content (AvgIpc) is 3.28. The predicted molar refractivity (Wildman–Crippen MR) is 128 cm³/mol. The summed E-state index contributed by atoms with van der Waals surface area (Å²) in [5.74, 6) is -0.244. The fourth-order valence-corrected chi connectivity index (χ4v) is 4.23. The van der Waals surface area contributed by atoms with Gasteiger partial charge in [-0.25, -0.2) is 0 Å². The fraction of sp³-hybridized carbons (Fsp3) is 0.308. The quantitative estimate of drug-likeness (QED) is 0.572. The highest BCUT2D eigenvalue weighted by molar-refractivity contribution is 6.30. The number of carbonyl (C=O) groups excluding carboxylic acids is 2. The van der Waals surface area contributed by atoms with E-state index in [2.05, 4.69) is 10.2 Å². The monoisotopic (exact) mass is 465 g/mol. The minimum absolute atomic E-state index is 0.0629. The van der Waals surface area contributed by atoms with Crippen LogP contribution in [-0.2, 0) is 17.8 Å². The van der Waals surface area contributed by atoms with Crippen molar-refractivity contribution in [1.82, 2.24) is 15.1 Å². The third kappa shape index (κ3) is 6.46. The number of nitrogens with zero attached hydrogens (tertiary/aromatic N) is 2. The summed E-state index contributed by atoms with van der Waals surface area (Å²) in [7, 11) is 0. The van der Waals surface area contributed by atoms with Crippen molar-refractivity contribution >= 4 is 23.4 Å². The Bertz CT molecular complexity index is 1040. The van der Waals surface area contributed by atoms with Crippen LogP contribution in [-0.4, -0.2) is 53.8 Å². The highest BCUT2D eigenvalue weighted by Crippen LogP contribution is 2.15. The van der Waals surface area contributed by atoms with Gasteiger partial charge in [0.2, 0.25) is 5.91 Å². The Morgan fingerprint density at radius 2 is 1.70 bits per heavy atom. The lowest BCUT2D eigenvalue weighted by molar-refractivity contribution is -0.133. The van der Waals surface area contributed by atoms with E-state index < -0.39 is 6.04 Å². The van der Waals surface area contributed by atoms with E-state index in [0.29, 0.717) is 19.5 Å². The number of amides is 2. The summed E-state index contributed by atoms with van der Waals surface area (Å²) in [4.78, 5) is 30.4. The van der Waals surface area contributed by atoms with Crippen LogP contribution in [0.2, 0.25) is 5.02 Å². The average molecular weight is 466 g/mol. The molecular weight excluding hydrogens is 438 g/mol. The molecule has 172 valence electrons. The number of nitrogens with one attached hydrogen (secondary N) is 1. The van der Waals surface area contributed by atoms with E-state index in [1.54, 1.807) is 12.1 Å². The first-order chi connectivity index (χ1) is 16.1. The highest BCUT2D eigenvalue weighted by Gasteiger charge is 2.28. The Kier molecular flexibility index (Phi) is 7.81. The number of furan rings is 1. The first kappa shape index (κ1) is 23.1. The molecule has 2 aromatic carbocycles. The molecule has 1 N–H and O–H groups in total. The van der Waals surface area contributed by atoms with Gasteiger partial charge in [-0.3, -0.25) is 14.5 Å². The van der Waals surface area contributed by atoms with Crippen molar-refractivity contribution in [3.05, 3.63) is 94.9 Å². The molecule has 0 aliphatic carbocycles. The first-order valence-electron chi connectivity index (χ1n) is 11.2. The molecule has 4 rings (SSSR count). The molecule has 1 aromatic heterocycles. The third-order valence-electron chi connectivity index (χ3n) is 5.85. The van der Waals surface area contributed by atoms with Crippen LogP contribution in [0.15, 0.2) is 77.4 Å². The highest BCUT2D eigenvalue weighted by atomic mass is 35.5. The molecule has 7 heteroatoms. The fourth-order valence-electron chi connectivity index (χ4n) is 4.10. The molecule has 0 saturated carbocycles. The van der Waals surface area contributed by atoms with Crippen LogP contribution < -0.4 is 5.32 Å². The Morgan fingerprint density at radius 3 is 2.42 bits per heavy atom. The van der Waals surface area contributed by atoms with E-state index in [9.17, 15) is 9.59 Å². The maximum absolute atomic E-state index is 13.5. The normalized spacial score (nSPS) is 15.6. The van der Waals surface area contributed by atoms with Gasteiger partial charge in [-0.15, -0.1) is 0 Å². The van der Waals surface area contributed by atoms with Crippen molar-refractivity contribution in [2.45, 2.75) is 25.4 Å². The molecule has 0 bridgehead atoms. The summed E-state index contributed by atoms with van der Waals surface area (Å²) >= 11 is 6.00. The molecule has 1 aliphatic rings. The summed E-state index contributed by atoms with van der Waals surface area (Å²) in [6.07, 6.45) is 2.76. The molecule has 3 aromatic rings. The minimum Gasteiger partial charge on any atom is -0.459 e. The molecule has 2 heterocycles. The molecule has 1 saturated heterocycles. The maximum atomic E-state index is 13.5. The van der Waals surface area contributed by atoms with Crippen LogP contribution in [0, 0.1) is 0 Å². The molecule has 1 atom stereocenters. The smallest absolute Gasteiger partial charge is 0.287 e. The molecule has 2 amide bonds. The molecule has 1 aliphatic heterocycles. The second kappa shape index (κ2) is 11.2. The zero-order chi connectivity index (χ0) is 23.0. The summed E-state index contributed by atoms with van der Waals surface area (Å²) in [6.45, 7) is 3.79. The van der Waals surface area contributed by atoms with Gasteiger partial charge in [0.05, 0.1) is 6.26 Å². The molecule has 33 heavy (non-hydrogen) atoms. The van der Waals surface area contributed by atoms with Crippen molar-refractivity contribution in [1.29, 1.82) is 0 Å². The van der Waals surface area contributed by atoms with Gasteiger partial charge < -0.3 is 14.6 Å². The second-order valence-electron chi connectivity index (χ2n) is 8.27. The van der Waals surface area contributed by atoms with Gasteiger partial charge in [0.25, 0.3) is 5.91 Å². The molecule has 1 fully saturated rings. The van der Waals surface area contributed by atoms with Crippen LogP contribution in [0.3, 0.4) is 0 Å². The van der Waals surface area contributed by atoms with Crippen molar-refractivity contribution in [3.63, 3.8) is 0 Å². The number of hydrogen-bond donors (Lipinski definition) is 1. The van der Waals surface area contributed by atoms with E-state index >= 15 is 0 Å². The Balaban J connectivity index is 1.42. The van der Waals surface area contributed by atoms with Gasteiger partial charge in [-0.2, -0.15) is 0 Å². The summed E-state index contributed by atoms with van der Waals surface area (Å²) < 4.78 is 5.22. The topological polar surface area (TPSA) is 65.8 Å². The van der Waals surface area contributed by atoms with Crippen LogP contribution in [0.5, 0.6) is 0 Å². The lowest BCUT2D eigenvalue weighted by atomic mass is 10.0. The van der Waals surface area contributed by atoms with E-state index in [4.69, 9.17) is 16.0 Å². The number of rotatable bonds is 7. The number of carbonyl (C=O) groups is 2. The summed E-state index contributed by atoms with van der Waals surface area (Å²) in [6, 6.07) is 20.2. The van der Waals surface area contributed by atoms with E-state index in [0.717, 1.165) is 36.6 Å². The number of benzene rings is 2. The van der Waals surface area contributed by atoms with Crippen LogP contribution in [0.4, 0.5) is 0 Å². The van der Waals surface area contributed by atoms with Gasteiger partial charge >= 0.3 is 0 Å². The van der Waals surface area contributed by atoms with Crippen molar-refractivity contribution in [2.24, 2.45) is 0 Å². The SMILES string of the molecule is O=C(NC(Cc1ccccc1)C(=O)N1CCCN(Cc2ccc(Cl)cc2)CC1)c1ccco1. The molecule has 0 radical (unpaired) electrons. The molecule has 1 unspecified atom stereocenters. The van der Waals surface area contributed by atoms with Crippen LogP contribution >= 0.6 is 11.6 Å². The van der Waals surface area contributed by atoms with Gasteiger partial charge in [-0.05, 0) is 41.8 Å². The molecular formula is C26H28ClN3O3. The van der Waals surface area contributed by atoms with Gasteiger partial charge in [0.15, 0.2) is 5.76 Å². The van der Waals surface area contributed by atoms with Gasteiger partial charge in [0, 0.05) is 44.2 Å².